The first kappa shape index (κ1) is 19.1. The Morgan fingerprint density at radius 1 is 1.27 bits per heavy atom. The monoisotopic (exact) mass is 376 g/mol. The summed E-state index contributed by atoms with van der Waals surface area (Å²) in [5, 5.41) is 9.67. The topological polar surface area (TPSA) is 60.9 Å². The average molecular weight is 377 g/mol. The van der Waals surface area contributed by atoms with E-state index in [1.807, 2.05) is 29.2 Å². The minimum absolute atomic E-state index is 0.0173. The molecule has 1 aromatic carbocycles. The molecule has 1 aliphatic carbocycles. The van der Waals surface area contributed by atoms with Crippen LogP contribution in [0.25, 0.3) is 0 Å². The molecule has 1 aromatic rings. The standard InChI is InChI=1S/C20H28N2O3S/c1-14(2)26-18-9-4-3-8-17(18)19(23)22(12-15-6-5-7-15)16-10-11-21(13-16)20(24)25/h3-4,8-9,14-16H,5-7,10-13H2,1-2H3,(H,24,25)/t16-/m0/s1. The van der Waals surface area contributed by atoms with Crippen molar-refractivity contribution in [2.75, 3.05) is 19.6 Å². The highest BCUT2D eigenvalue weighted by molar-refractivity contribution is 8.00. The normalized spacial score (nSPS) is 20.3. The maximum absolute atomic E-state index is 13.4. The van der Waals surface area contributed by atoms with E-state index in [0.29, 0.717) is 24.3 Å². The average Bonchev–Trinajstić information content (AvgIpc) is 3.03. The molecule has 6 heteroatoms. The van der Waals surface area contributed by atoms with Gasteiger partial charge in [0.15, 0.2) is 0 Å². The van der Waals surface area contributed by atoms with Crippen molar-refractivity contribution in [2.45, 2.75) is 55.7 Å². The first-order valence-electron chi connectivity index (χ1n) is 9.50. The van der Waals surface area contributed by atoms with E-state index in [-0.39, 0.29) is 11.9 Å². The van der Waals surface area contributed by atoms with Gasteiger partial charge in [0.2, 0.25) is 0 Å². The van der Waals surface area contributed by atoms with Gasteiger partial charge in [-0.2, -0.15) is 0 Å². The van der Waals surface area contributed by atoms with E-state index in [1.54, 1.807) is 11.8 Å². The molecule has 0 unspecified atom stereocenters. The van der Waals surface area contributed by atoms with Gasteiger partial charge in [-0.05, 0) is 37.3 Å². The van der Waals surface area contributed by atoms with Gasteiger partial charge in [-0.25, -0.2) is 4.79 Å². The van der Waals surface area contributed by atoms with Crippen molar-refractivity contribution < 1.29 is 14.7 Å². The van der Waals surface area contributed by atoms with Crippen molar-refractivity contribution >= 4 is 23.8 Å². The molecule has 5 nitrogen and oxygen atoms in total. The van der Waals surface area contributed by atoms with Gasteiger partial charge in [0.1, 0.15) is 0 Å². The Labute approximate surface area is 159 Å². The van der Waals surface area contributed by atoms with Crippen LogP contribution in [-0.4, -0.2) is 57.8 Å². The fourth-order valence-electron chi connectivity index (χ4n) is 3.68. The van der Waals surface area contributed by atoms with Crippen LogP contribution < -0.4 is 0 Å². The molecule has 2 amide bonds. The number of hydrogen-bond donors (Lipinski definition) is 1. The number of benzene rings is 1. The molecule has 0 radical (unpaired) electrons. The SMILES string of the molecule is CC(C)Sc1ccccc1C(=O)N(CC1CCC1)[C@H]1CCN(C(=O)O)C1. The number of nitrogens with zero attached hydrogens (tertiary/aromatic N) is 2. The third-order valence-electron chi connectivity index (χ3n) is 5.30. The fourth-order valence-corrected chi connectivity index (χ4v) is 4.62. The van der Waals surface area contributed by atoms with Crippen molar-refractivity contribution in [1.29, 1.82) is 0 Å². The van der Waals surface area contributed by atoms with Crippen LogP contribution in [0.5, 0.6) is 0 Å². The molecule has 0 spiro atoms. The summed E-state index contributed by atoms with van der Waals surface area (Å²) in [6.07, 6.45) is 3.41. The molecule has 1 saturated carbocycles. The lowest BCUT2D eigenvalue weighted by molar-refractivity contribution is 0.0598. The van der Waals surface area contributed by atoms with Crippen molar-refractivity contribution in [3.63, 3.8) is 0 Å². The molecule has 1 atom stereocenters. The second-order valence-electron chi connectivity index (χ2n) is 7.59. The molecule has 26 heavy (non-hydrogen) atoms. The highest BCUT2D eigenvalue weighted by Gasteiger charge is 2.36. The van der Waals surface area contributed by atoms with Gasteiger partial charge in [-0.15, -0.1) is 11.8 Å². The summed E-state index contributed by atoms with van der Waals surface area (Å²) in [6, 6.07) is 7.79. The number of amides is 2. The van der Waals surface area contributed by atoms with Crippen LogP contribution in [0.1, 0.15) is 49.9 Å². The number of carbonyl (C=O) groups is 2. The van der Waals surface area contributed by atoms with Crippen LogP contribution in [0.4, 0.5) is 4.79 Å². The second kappa shape index (κ2) is 8.33. The number of thioether (sulfide) groups is 1. The molecule has 1 N–H and O–H groups in total. The maximum Gasteiger partial charge on any atom is 0.407 e. The largest absolute Gasteiger partial charge is 0.465 e. The van der Waals surface area contributed by atoms with E-state index in [4.69, 9.17) is 0 Å². The van der Waals surface area contributed by atoms with Crippen LogP contribution in [0.3, 0.4) is 0 Å². The molecule has 3 rings (SSSR count). The zero-order valence-corrected chi connectivity index (χ0v) is 16.4. The molecular weight excluding hydrogens is 348 g/mol. The zero-order chi connectivity index (χ0) is 18.7. The third kappa shape index (κ3) is 4.34. The second-order valence-corrected chi connectivity index (χ2v) is 9.21. The summed E-state index contributed by atoms with van der Waals surface area (Å²) in [4.78, 5) is 29.1. The summed E-state index contributed by atoms with van der Waals surface area (Å²) in [7, 11) is 0. The number of hydrogen-bond acceptors (Lipinski definition) is 3. The Morgan fingerprint density at radius 3 is 2.58 bits per heavy atom. The molecular formula is C20H28N2O3S. The Hall–Kier alpha value is -1.69. The van der Waals surface area contributed by atoms with Gasteiger partial charge < -0.3 is 14.9 Å². The number of rotatable bonds is 6. The lowest BCUT2D eigenvalue weighted by Gasteiger charge is -2.36. The zero-order valence-electron chi connectivity index (χ0n) is 15.6. The minimum atomic E-state index is -0.890. The number of carbonyl (C=O) groups excluding carboxylic acids is 1. The lowest BCUT2D eigenvalue weighted by Crippen LogP contribution is -2.46. The predicted molar refractivity (Wildman–Crippen MR) is 104 cm³/mol. The van der Waals surface area contributed by atoms with Crippen LogP contribution >= 0.6 is 11.8 Å². The number of carboxylic acid groups (broad SMARTS) is 1. The van der Waals surface area contributed by atoms with E-state index in [0.717, 1.165) is 23.4 Å². The molecule has 142 valence electrons. The van der Waals surface area contributed by atoms with Crippen molar-refractivity contribution in [3.05, 3.63) is 29.8 Å². The van der Waals surface area contributed by atoms with Crippen molar-refractivity contribution in [1.82, 2.24) is 9.80 Å². The molecule has 1 saturated heterocycles. The summed E-state index contributed by atoms with van der Waals surface area (Å²) in [5.41, 5.74) is 0.749. The summed E-state index contributed by atoms with van der Waals surface area (Å²) < 4.78 is 0. The summed E-state index contributed by atoms with van der Waals surface area (Å²) in [5.74, 6) is 0.612. The Balaban J connectivity index is 1.82. The fraction of sp³-hybridized carbons (Fsp3) is 0.600. The van der Waals surface area contributed by atoms with E-state index in [9.17, 15) is 14.7 Å². The van der Waals surface area contributed by atoms with Crippen molar-refractivity contribution in [3.8, 4) is 0 Å². The smallest absolute Gasteiger partial charge is 0.407 e. The van der Waals surface area contributed by atoms with Crippen LogP contribution in [-0.2, 0) is 0 Å². The van der Waals surface area contributed by atoms with Gasteiger partial charge >= 0.3 is 6.09 Å². The molecule has 1 aliphatic heterocycles. The first-order valence-corrected chi connectivity index (χ1v) is 10.4. The summed E-state index contributed by atoms with van der Waals surface area (Å²) >= 11 is 1.71. The molecule has 1 heterocycles. The van der Waals surface area contributed by atoms with E-state index in [2.05, 4.69) is 13.8 Å². The Bertz CT molecular complexity index is 660. The van der Waals surface area contributed by atoms with Gasteiger partial charge in [-0.1, -0.05) is 32.4 Å². The maximum atomic E-state index is 13.4. The van der Waals surface area contributed by atoms with Crippen LogP contribution in [0.15, 0.2) is 29.2 Å². The van der Waals surface area contributed by atoms with E-state index in [1.165, 1.54) is 24.2 Å². The molecule has 2 fully saturated rings. The van der Waals surface area contributed by atoms with Crippen LogP contribution in [0, 0.1) is 5.92 Å². The van der Waals surface area contributed by atoms with Crippen molar-refractivity contribution in [2.24, 2.45) is 5.92 Å². The Morgan fingerprint density at radius 2 is 2.00 bits per heavy atom. The molecule has 0 aromatic heterocycles. The first-order chi connectivity index (χ1) is 12.5. The predicted octanol–water partition coefficient (Wildman–Crippen LogP) is 4.18. The van der Waals surface area contributed by atoms with E-state index < -0.39 is 6.09 Å². The summed E-state index contributed by atoms with van der Waals surface area (Å²) in [6.45, 7) is 5.93. The third-order valence-corrected chi connectivity index (χ3v) is 6.38. The quantitative estimate of drug-likeness (QED) is 0.757. The lowest BCUT2D eigenvalue weighted by atomic mass is 9.84. The minimum Gasteiger partial charge on any atom is -0.465 e. The van der Waals surface area contributed by atoms with E-state index >= 15 is 0 Å². The Kier molecular flexibility index (Phi) is 6.12. The number of likely N-dealkylation sites (tertiary alicyclic amines) is 1. The van der Waals surface area contributed by atoms with Gasteiger partial charge in [0.25, 0.3) is 5.91 Å². The molecule has 0 bridgehead atoms. The highest BCUT2D eigenvalue weighted by Crippen LogP contribution is 2.32. The van der Waals surface area contributed by atoms with Gasteiger partial charge in [0, 0.05) is 29.8 Å². The van der Waals surface area contributed by atoms with Crippen LogP contribution in [0.2, 0.25) is 0 Å². The molecule has 2 aliphatic rings. The highest BCUT2D eigenvalue weighted by atomic mass is 32.2. The van der Waals surface area contributed by atoms with Gasteiger partial charge in [0.05, 0.1) is 11.6 Å². The van der Waals surface area contributed by atoms with Gasteiger partial charge in [-0.3, -0.25) is 4.79 Å².